The minimum absolute atomic E-state index is 0.491. The fourth-order valence-electron chi connectivity index (χ4n) is 2.05. The van der Waals surface area contributed by atoms with E-state index in [0.717, 1.165) is 11.1 Å². The zero-order chi connectivity index (χ0) is 14.8. The molecule has 0 aliphatic heterocycles. The second-order valence-electron chi connectivity index (χ2n) is 4.58. The van der Waals surface area contributed by atoms with Gasteiger partial charge in [0.2, 0.25) is 4.77 Å². The molecular formula is C15H11Cl2N3S. The van der Waals surface area contributed by atoms with Crippen LogP contribution in [0.1, 0.15) is 5.56 Å². The average Bonchev–Trinajstić information content (AvgIpc) is 2.80. The largest absolute Gasteiger partial charge is 0.279 e. The second-order valence-corrected chi connectivity index (χ2v) is 5.82. The Labute approximate surface area is 137 Å². The van der Waals surface area contributed by atoms with E-state index < -0.39 is 0 Å². The molecule has 3 nitrogen and oxygen atoms in total. The molecule has 0 amide bonds. The van der Waals surface area contributed by atoms with E-state index in [9.17, 15) is 0 Å². The average molecular weight is 336 g/mol. The van der Waals surface area contributed by atoms with E-state index in [1.54, 1.807) is 18.2 Å². The smallest absolute Gasteiger partial charge is 0.216 e. The van der Waals surface area contributed by atoms with Gasteiger partial charge in [-0.3, -0.25) is 9.78 Å². The molecule has 0 saturated heterocycles. The Kier molecular flexibility index (Phi) is 4.10. The quantitative estimate of drug-likeness (QED) is 0.686. The Morgan fingerprint density at radius 2 is 1.71 bits per heavy atom. The van der Waals surface area contributed by atoms with E-state index >= 15 is 0 Å². The van der Waals surface area contributed by atoms with Gasteiger partial charge in [0.25, 0.3) is 0 Å². The van der Waals surface area contributed by atoms with Crippen LogP contribution in [0.5, 0.6) is 0 Å². The summed E-state index contributed by atoms with van der Waals surface area (Å²) in [6, 6.07) is 15.3. The van der Waals surface area contributed by atoms with Gasteiger partial charge in [-0.15, -0.1) is 0 Å². The SMILES string of the molecule is S=c1nc(-c2cc(Cl)cc(Cl)c2)[nH]n1Cc1ccccc1. The van der Waals surface area contributed by atoms with E-state index in [2.05, 4.69) is 10.1 Å². The minimum Gasteiger partial charge on any atom is -0.279 e. The molecule has 0 radical (unpaired) electrons. The van der Waals surface area contributed by atoms with E-state index in [-0.39, 0.29) is 0 Å². The molecule has 106 valence electrons. The molecule has 0 bridgehead atoms. The van der Waals surface area contributed by atoms with Gasteiger partial charge >= 0.3 is 0 Å². The monoisotopic (exact) mass is 335 g/mol. The van der Waals surface area contributed by atoms with Crippen molar-refractivity contribution >= 4 is 35.4 Å². The number of benzene rings is 2. The number of hydrogen-bond acceptors (Lipinski definition) is 2. The zero-order valence-electron chi connectivity index (χ0n) is 10.9. The van der Waals surface area contributed by atoms with Crippen LogP contribution < -0.4 is 0 Å². The molecule has 0 saturated carbocycles. The summed E-state index contributed by atoms with van der Waals surface area (Å²) in [6.07, 6.45) is 0. The van der Waals surface area contributed by atoms with Gasteiger partial charge in [-0.05, 0) is 36.0 Å². The van der Waals surface area contributed by atoms with Crippen LogP contribution in [0.4, 0.5) is 0 Å². The fraction of sp³-hybridized carbons (Fsp3) is 0.0667. The molecule has 1 N–H and O–H groups in total. The number of aromatic nitrogens is 3. The predicted octanol–water partition coefficient (Wildman–Crippen LogP) is 4.96. The third kappa shape index (κ3) is 3.35. The Hall–Kier alpha value is -1.62. The fourth-order valence-corrected chi connectivity index (χ4v) is 2.78. The molecule has 1 heterocycles. The number of nitrogens with zero attached hydrogens (tertiary/aromatic N) is 2. The van der Waals surface area contributed by atoms with Crippen molar-refractivity contribution in [1.29, 1.82) is 0 Å². The first-order chi connectivity index (χ1) is 10.1. The molecule has 6 heteroatoms. The van der Waals surface area contributed by atoms with Crippen LogP contribution in [0, 0.1) is 4.77 Å². The van der Waals surface area contributed by atoms with Crippen LogP contribution >= 0.6 is 35.4 Å². The summed E-state index contributed by atoms with van der Waals surface area (Å²) < 4.78 is 2.30. The van der Waals surface area contributed by atoms with Gasteiger partial charge in [0, 0.05) is 15.6 Å². The van der Waals surface area contributed by atoms with Crippen molar-refractivity contribution in [1.82, 2.24) is 14.8 Å². The maximum absolute atomic E-state index is 6.02. The highest BCUT2D eigenvalue weighted by molar-refractivity contribution is 7.71. The molecule has 1 aromatic heterocycles. The normalized spacial score (nSPS) is 10.8. The van der Waals surface area contributed by atoms with E-state index in [1.807, 2.05) is 35.0 Å². The van der Waals surface area contributed by atoms with Gasteiger partial charge in [0.05, 0.1) is 6.54 Å². The Morgan fingerprint density at radius 3 is 2.38 bits per heavy atom. The lowest BCUT2D eigenvalue weighted by Gasteiger charge is -2.02. The highest BCUT2D eigenvalue weighted by Crippen LogP contribution is 2.25. The molecule has 21 heavy (non-hydrogen) atoms. The van der Waals surface area contributed by atoms with Gasteiger partial charge < -0.3 is 0 Å². The summed E-state index contributed by atoms with van der Waals surface area (Å²) in [5.74, 6) is 0.653. The third-order valence-electron chi connectivity index (χ3n) is 3.00. The molecule has 0 fully saturated rings. The Balaban J connectivity index is 1.96. The summed E-state index contributed by atoms with van der Waals surface area (Å²) in [6.45, 7) is 0.640. The van der Waals surface area contributed by atoms with Crippen molar-refractivity contribution in [2.45, 2.75) is 6.54 Å². The molecule has 2 aromatic carbocycles. The number of hydrogen-bond donors (Lipinski definition) is 1. The third-order valence-corrected chi connectivity index (χ3v) is 3.75. The maximum atomic E-state index is 6.02. The lowest BCUT2D eigenvalue weighted by Crippen LogP contribution is -2.01. The summed E-state index contributed by atoms with van der Waals surface area (Å²) in [7, 11) is 0. The molecule has 0 aliphatic rings. The molecule has 3 rings (SSSR count). The van der Waals surface area contributed by atoms with E-state index in [4.69, 9.17) is 35.4 Å². The van der Waals surface area contributed by atoms with Crippen LogP contribution in [-0.4, -0.2) is 14.8 Å². The maximum Gasteiger partial charge on any atom is 0.216 e. The topological polar surface area (TPSA) is 33.6 Å². The number of nitrogens with one attached hydrogen (secondary N) is 1. The first-order valence-electron chi connectivity index (χ1n) is 6.29. The van der Waals surface area contributed by atoms with Crippen molar-refractivity contribution in [2.24, 2.45) is 0 Å². The highest BCUT2D eigenvalue weighted by Gasteiger charge is 2.07. The molecule has 3 aromatic rings. The Bertz CT molecular complexity index is 804. The number of H-pyrrole nitrogens is 1. The molecule has 0 atom stereocenters. The van der Waals surface area contributed by atoms with Gasteiger partial charge in [0.1, 0.15) is 0 Å². The lowest BCUT2D eigenvalue weighted by atomic mass is 10.2. The summed E-state index contributed by atoms with van der Waals surface area (Å²) in [4.78, 5) is 4.36. The van der Waals surface area contributed by atoms with Crippen LogP contribution in [0.2, 0.25) is 10.0 Å². The van der Waals surface area contributed by atoms with E-state index in [1.165, 1.54) is 0 Å². The number of aromatic amines is 1. The van der Waals surface area contributed by atoms with Crippen LogP contribution in [0.3, 0.4) is 0 Å². The molecule has 0 spiro atoms. The molecule has 0 unspecified atom stereocenters. The molecular weight excluding hydrogens is 325 g/mol. The van der Waals surface area contributed by atoms with Gasteiger partial charge in [0.15, 0.2) is 5.82 Å². The lowest BCUT2D eigenvalue weighted by molar-refractivity contribution is 0.677. The van der Waals surface area contributed by atoms with Crippen LogP contribution in [-0.2, 0) is 6.54 Å². The predicted molar refractivity (Wildman–Crippen MR) is 88.4 cm³/mol. The van der Waals surface area contributed by atoms with Crippen molar-refractivity contribution in [3.8, 4) is 11.4 Å². The van der Waals surface area contributed by atoms with Crippen molar-refractivity contribution in [3.63, 3.8) is 0 Å². The Morgan fingerprint density at radius 1 is 1.05 bits per heavy atom. The van der Waals surface area contributed by atoms with Gasteiger partial charge in [-0.1, -0.05) is 53.5 Å². The number of rotatable bonds is 3. The second kappa shape index (κ2) is 6.02. The number of halogens is 2. The van der Waals surface area contributed by atoms with E-state index in [0.29, 0.717) is 27.2 Å². The highest BCUT2D eigenvalue weighted by atomic mass is 35.5. The standard InChI is InChI=1S/C15H11Cl2N3S/c16-12-6-11(7-13(17)8-12)14-18-15(21)20(19-14)9-10-4-2-1-3-5-10/h1-8H,9H2,(H,18,19,21). The summed E-state index contributed by atoms with van der Waals surface area (Å²) in [5.41, 5.74) is 1.96. The first-order valence-corrected chi connectivity index (χ1v) is 7.45. The van der Waals surface area contributed by atoms with Crippen molar-refractivity contribution in [2.75, 3.05) is 0 Å². The van der Waals surface area contributed by atoms with Gasteiger partial charge in [-0.25, -0.2) is 0 Å². The summed E-state index contributed by atoms with van der Waals surface area (Å²) >= 11 is 17.3. The first kappa shape index (κ1) is 14.3. The summed E-state index contributed by atoms with van der Waals surface area (Å²) in [5, 5.41) is 4.31. The molecule has 0 aliphatic carbocycles. The van der Waals surface area contributed by atoms with Crippen molar-refractivity contribution < 1.29 is 0 Å². The van der Waals surface area contributed by atoms with Crippen LogP contribution in [0.15, 0.2) is 48.5 Å². The van der Waals surface area contributed by atoms with Crippen LogP contribution in [0.25, 0.3) is 11.4 Å². The minimum atomic E-state index is 0.491. The zero-order valence-corrected chi connectivity index (χ0v) is 13.2. The van der Waals surface area contributed by atoms with Gasteiger partial charge in [-0.2, -0.15) is 4.98 Å². The van der Waals surface area contributed by atoms with Crippen molar-refractivity contribution in [3.05, 3.63) is 68.9 Å².